The first-order chi connectivity index (χ1) is 9.99. The summed E-state index contributed by atoms with van der Waals surface area (Å²) in [7, 11) is 3.53. The summed E-state index contributed by atoms with van der Waals surface area (Å²) >= 11 is 0. The van der Waals surface area contributed by atoms with Gasteiger partial charge in [-0.3, -0.25) is 0 Å². The fourth-order valence-electron chi connectivity index (χ4n) is 3.03. The van der Waals surface area contributed by atoms with Crippen molar-refractivity contribution in [2.45, 2.75) is 41.5 Å². The molecule has 0 bridgehead atoms. The van der Waals surface area contributed by atoms with Crippen LogP contribution in [0.2, 0.25) is 0 Å². The molecule has 3 nitrogen and oxygen atoms in total. The van der Waals surface area contributed by atoms with E-state index in [1.54, 1.807) is 0 Å². The molecule has 0 fully saturated rings. The van der Waals surface area contributed by atoms with Gasteiger partial charge in [-0.25, -0.2) is 0 Å². The van der Waals surface area contributed by atoms with Gasteiger partial charge in [-0.15, -0.1) is 0 Å². The molecule has 0 spiro atoms. The Morgan fingerprint density at radius 1 is 0.826 bits per heavy atom. The van der Waals surface area contributed by atoms with E-state index in [1.165, 1.54) is 11.4 Å². The molecule has 2 rings (SSSR count). The Kier molecular flexibility index (Phi) is 6.49. The fourth-order valence-corrected chi connectivity index (χ4v) is 6.32. The van der Waals surface area contributed by atoms with Crippen molar-refractivity contribution < 1.29 is 18.9 Å². The molecule has 1 aromatic rings. The van der Waals surface area contributed by atoms with E-state index in [2.05, 4.69) is 93.6 Å². The molecular weight excluding hydrogens is 293 g/mol. The molecule has 124 valence electrons. The van der Waals surface area contributed by atoms with Gasteiger partial charge in [0.25, 0.3) is 0 Å². The number of anilines is 2. The Balaban J connectivity index is 0.00000264. The molecule has 0 radical (unpaired) electrons. The molecule has 1 aromatic carbocycles. The molecule has 0 atom stereocenters. The zero-order chi connectivity index (χ0) is 16.7. The van der Waals surface area contributed by atoms with Crippen molar-refractivity contribution in [3.8, 4) is 0 Å². The van der Waals surface area contributed by atoms with Crippen LogP contribution in [0.25, 0.3) is 0 Å². The minimum atomic E-state index is -0.929. The van der Waals surface area contributed by atoms with Crippen molar-refractivity contribution in [3.05, 3.63) is 24.3 Å². The van der Waals surface area contributed by atoms with Crippen LogP contribution in [0.3, 0.4) is 0 Å². The molecular formula is C18H32LiN3Si. The zero-order valence-corrected chi connectivity index (χ0v) is 17.6. The molecule has 23 heavy (non-hydrogen) atoms. The van der Waals surface area contributed by atoms with Crippen molar-refractivity contribution >= 4 is 20.7 Å². The molecule has 1 aliphatic rings. The summed E-state index contributed by atoms with van der Waals surface area (Å²) in [5.74, 6) is 0. The van der Waals surface area contributed by atoms with Crippen LogP contribution in [0, 0.1) is 10.8 Å². The maximum atomic E-state index is 2.66. The first kappa shape index (κ1) is 20.6. The van der Waals surface area contributed by atoms with Crippen molar-refractivity contribution in [2.75, 3.05) is 36.3 Å². The summed E-state index contributed by atoms with van der Waals surface area (Å²) in [6.07, 6.45) is 0. The van der Waals surface area contributed by atoms with Crippen LogP contribution in [0.4, 0.5) is 11.4 Å². The molecule has 5 heteroatoms. The Bertz CT molecular complexity index is 477. The van der Waals surface area contributed by atoms with Crippen LogP contribution < -0.4 is 28.0 Å². The Morgan fingerprint density at radius 3 is 1.43 bits per heavy atom. The maximum absolute atomic E-state index is 2.66. The SMILES string of the molecule is CN(C)[Si-]1N(CC(C)(C)C)c2ccccc2N1CC(C)(C)C.[Li+]. The van der Waals surface area contributed by atoms with Crippen molar-refractivity contribution in [2.24, 2.45) is 10.8 Å². The van der Waals surface area contributed by atoms with Gasteiger partial charge in [0.1, 0.15) is 0 Å². The van der Waals surface area contributed by atoms with E-state index in [9.17, 15) is 0 Å². The molecule has 0 unspecified atom stereocenters. The van der Waals surface area contributed by atoms with E-state index in [0.717, 1.165) is 13.1 Å². The second kappa shape index (κ2) is 7.23. The minimum absolute atomic E-state index is 0. The maximum Gasteiger partial charge on any atom is 1.00 e. The van der Waals surface area contributed by atoms with Gasteiger partial charge in [0, 0.05) is 11.4 Å². The van der Waals surface area contributed by atoms with Crippen molar-refractivity contribution in [1.82, 2.24) is 4.57 Å². The van der Waals surface area contributed by atoms with Crippen LogP contribution in [0.15, 0.2) is 24.3 Å². The van der Waals surface area contributed by atoms with Crippen molar-refractivity contribution in [3.63, 3.8) is 0 Å². The standard InChI is InChI=1S/C18H32N3Si.Li/c1-17(2,3)13-20-15-11-9-10-12-16(15)21(14-18(4,5)6)22(20)19(7)8;/h9-12H,13-14H2,1-8H3;/q-1;+1. The van der Waals surface area contributed by atoms with Gasteiger partial charge in [0.15, 0.2) is 0 Å². The van der Waals surface area contributed by atoms with Crippen LogP contribution >= 0.6 is 0 Å². The van der Waals surface area contributed by atoms with Crippen LogP contribution in [-0.4, -0.2) is 41.0 Å². The molecule has 0 aromatic heterocycles. The summed E-state index contributed by atoms with van der Waals surface area (Å²) in [4.78, 5) is 0. The molecule has 0 N–H and O–H groups in total. The van der Waals surface area contributed by atoms with Crippen LogP contribution in [-0.2, 0) is 0 Å². The number of hydrogen-bond acceptors (Lipinski definition) is 3. The van der Waals surface area contributed by atoms with Gasteiger partial charge in [0.2, 0.25) is 0 Å². The van der Waals surface area contributed by atoms with Gasteiger partial charge < -0.3 is 13.7 Å². The summed E-state index contributed by atoms with van der Waals surface area (Å²) in [5.41, 5.74) is 3.39. The minimum Gasteiger partial charge on any atom is -0.511 e. The summed E-state index contributed by atoms with van der Waals surface area (Å²) in [6, 6.07) is 8.92. The number of fused-ring (bicyclic) bond motifs is 1. The third-order valence-corrected chi connectivity index (χ3v) is 6.17. The number of para-hydroxylation sites is 2. The van der Waals surface area contributed by atoms with Crippen LogP contribution in [0.1, 0.15) is 41.5 Å². The quantitative estimate of drug-likeness (QED) is 0.767. The summed E-state index contributed by atoms with van der Waals surface area (Å²) in [5, 5.41) is 0. The van der Waals surface area contributed by atoms with E-state index in [-0.39, 0.29) is 29.7 Å². The Hall–Kier alpha value is -0.406. The molecule has 0 saturated carbocycles. The molecule has 1 aliphatic heterocycles. The van der Waals surface area contributed by atoms with E-state index >= 15 is 0 Å². The fraction of sp³-hybridized carbons (Fsp3) is 0.667. The summed E-state index contributed by atoms with van der Waals surface area (Å²) in [6.45, 7) is 16.2. The first-order valence-corrected chi connectivity index (χ1v) is 9.52. The Labute approximate surface area is 157 Å². The third-order valence-electron chi connectivity index (χ3n) is 3.61. The largest absolute Gasteiger partial charge is 1.00 e. The monoisotopic (exact) mass is 325 g/mol. The smallest absolute Gasteiger partial charge is 0.511 e. The molecule has 0 amide bonds. The van der Waals surface area contributed by atoms with Crippen molar-refractivity contribution in [1.29, 1.82) is 0 Å². The van der Waals surface area contributed by atoms with Gasteiger partial charge in [-0.05, 0) is 50.1 Å². The average Bonchev–Trinajstić information content (AvgIpc) is 2.60. The zero-order valence-electron chi connectivity index (χ0n) is 16.6. The second-order valence-electron chi connectivity index (χ2n) is 8.98. The van der Waals surface area contributed by atoms with E-state index in [4.69, 9.17) is 0 Å². The van der Waals surface area contributed by atoms with E-state index in [1.807, 2.05) is 0 Å². The molecule has 0 aliphatic carbocycles. The van der Waals surface area contributed by atoms with Crippen LogP contribution in [0.5, 0.6) is 0 Å². The normalized spacial score (nSPS) is 15.9. The number of hydrogen-bond donors (Lipinski definition) is 0. The van der Waals surface area contributed by atoms with E-state index < -0.39 is 9.28 Å². The van der Waals surface area contributed by atoms with Gasteiger partial charge in [0.05, 0.1) is 9.28 Å². The number of nitrogens with zero attached hydrogens (tertiary/aromatic N) is 3. The average molecular weight is 326 g/mol. The van der Waals surface area contributed by atoms with Gasteiger partial charge in [-0.2, -0.15) is 0 Å². The topological polar surface area (TPSA) is 9.72 Å². The number of benzene rings is 1. The summed E-state index contributed by atoms with van der Waals surface area (Å²) < 4.78 is 7.75. The van der Waals surface area contributed by atoms with E-state index in [0.29, 0.717) is 0 Å². The predicted molar refractivity (Wildman–Crippen MR) is 99.5 cm³/mol. The second-order valence-corrected chi connectivity index (χ2v) is 11.6. The van der Waals surface area contributed by atoms with Gasteiger partial charge >= 0.3 is 18.9 Å². The molecule has 0 saturated heterocycles. The Morgan fingerprint density at radius 2 is 1.17 bits per heavy atom. The number of rotatable bonds is 3. The first-order valence-electron chi connectivity index (χ1n) is 8.18. The van der Waals surface area contributed by atoms with Gasteiger partial charge in [-0.1, -0.05) is 53.7 Å². The third kappa shape index (κ3) is 5.03. The predicted octanol–water partition coefficient (Wildman–Crippen LogP) is 0.956. The molecule has 1 heterocycles.